The molecule has 2 atom stereocenters. The first-order chi connectivity index (χ1) is 20.7. The number of rotatable bonds is 8. The maximum absolute atomic E-state index is 14.0. The second-order valence-electron chi connectivity index (χ2n) is 11.7. The predicted octanol–water partition coefficient (Wildman–Crippen LogP) is 6.69. The molecule has 2 aliphatic heterocycles. The number of hydrogen-bond donors (Lipinski definition) is 1. The number of amides is 1. The van der Waals surface area contributed by atoms with E-state index in [1.807, 2.05) is 24.3 Å². The Hall–Kier alpha value is -4.21. The highest BCUT2D eigenvalue weighted by molar-refractivity contribution is 5.76. The number of methoxy groups -OCH3 is 1. The normalized spacial score (nSPS) is 23.6. The molecule has 10 heteroatoms. The molecule has 0 spiro atoms. The van der Waals surface area contributed by atoms with Crippen LogP contribution in [0, 0.1) is 17.6 Å². The fraction of sp³-hybridized carbons (Fsp3) is 0.424. The van der Waals surface area contributed by atoms with Gasteiger partial charge in [0.2, 0.25) is 0 Å². The van der Waals surface area contributed by atoms with E-state index in [1.54, 1.807) is 18.9 Å². The van der Waals surface area contributed by atoms with Gasteiger partial charge in [-0.15, -0.1) is 0 Å². The zero-order chi connectivity index (χ0) is 30.2. The van der Waals surface area contributed by atoms with Crippen molar-refractivity contribution < 1.29 is 33.0 Å². The summed E-state index contributed by atoms with van der Waals surface area (Å²) in [6.07, 6.45) is 2.54. The molecule has 43 heavy (non-hydrogen) atoms. The van der Waals surface area contributed by atoms with E-state index < -0.39 is 35.8 Å². The summed E-state index contributed by atoms with van der Waals surface area (Å²) in [5.41, 5.74) is 3.67. The molecule has 226 valence electrons. The minimum absolute atomic E-state index is 0.127. The van der Waals surface area contributed by atoms with Crippen molar-refractivity contribution in [2.24, 2.45) is 5.92 Å². The number of aliphatic carboxylic acids is 1. The van der Waals surface area contributed by atoms with E-state index in [0.717, 1.165) is 60.9 Å². The Morgan fingerprint density at radius 2 is 1.72 bits per heavy atom. The van der Waals surface area contributed by atoms with Gasteiger partial charge in [-0.25, -0.2) is 18.6 Å². The molecule has 1 amide bonds. The number of carboxylic acids is 1. The third-order valence-electron chi connectivity index (χ3n) is 9.13. The molecular formula is C33H35F2N3O5. The Labute approximate surface area is 249 Å². The lowest BCUT2D eigenvalue weighted by Gasteiger charge is -2.33. The average molecular weight is 592 g/mol. The van der Waals surface area contributed by atoms with E-state index in [2.05, 4.69) is 11.0 Å². The van der Waals surface area contributed by atoms with Crippen LogP contribution in [-0.4, -0.2) is 53.3 Å². The Bertz CT molecular complexity index is 1520. The molecule has 0 radical (unpaired) electrons. The first kappa shape index (κ1) is 28.9. The molecule has 6 rings (SSSR count). The molecule has 3 aliphatic rings. The Morgan fingerprint density at radius 1 is 1.00 bits per heavy atom. The number of hydrogen-bond acceptors (Lipinski definition) is 6. The fourth-order valence-corrected chi connectivity index (χ4v) is 6.50. The maximum Gasteiger partial charge on any atom is 0.411 e. The lowest BCUT2D eigenvalue weighted by Crippen LogP contribution is -2.38. The molecule has 3 heterocycles. The van der Waals surface area contributed by atoms with Gasteiger partial charge in [-0.05, 0) is 86.9 Å². The number of nitrogens with zero attached hydrogens (tertiary/aromatic N) is 3. The quantitative estimate of drug-likeness (QED) is 0.312. The van der Waals surface area contributed by atoms with Crippen LogP contribution in [0.1, 0.15) is 67.9 Å². The van der Waals surface area contributed by atoms with Gasteiger partial charge in [0.05, 0.1) is 31.3 Å². The van der Waals surface area contributed by atoms with Gasteiger partial charge in [0, 0.05) is 35.8 Å². The summed E-state index contributed by atoms with van der Waals surface area (Å²) in [5, 5.41) is 9.43. The van der Waals surface area contributed by atoms with Crippen molar-refractivity contribution >= 4 is 17.9 Å². The molecule has 2 saturated heterocycles. The van der Waals surface area contributed by atoms with Crippen LogP contribution >= 0.6 is 0 Å². The van der Waals surface area contributed by atoms with Crippen molar-refractivity contribution in [3.8, 4) is 16.9 Å². The number of benzene rings is 2. The molecule has 1 aliphatic carbocycles. The minimum Gasteiger partial charge on any atom is -0.496 e. The van der Waals surface area contributed by atoms with E-state index >= 15 is 0 Å². The van der Waals surface area contributed by atoms with Gasteiger partial charge in [0.25, 0.3) is 0 Å². The Balaban J connectivity index is 1.34. The second kappa shape index (κ2) is 11.8. The molecule has 2 aromatic carbocycles. The van der Waals surface area contributed by atoms with Crippen molar-refractivity contribution in [2.75, 3.05) is 25.1 Å². The maximum atomic E-state index is 14.0. The summed E-state index contributed by atoms with van der Waals surface area (Å²) in [5.74, 6) is -0.778. The molecule has 3 fully saturated rings. The highest BCUT2D eigenvalue weighted by Gasteiger charge is 2.41. The van der Waals surface area contributed by atoms with Crippen LogP contribution < -0.4 is 9.64 Å². The lowest BCUT2D eigenvalue weighted by molar-refractivity contribution is -0.142. The monoisotopic (exact) mass is 591 g/mol. The standard InChI is InChI=1S/C33H35F2N3O5/c1-19-31(23-14-24(34)17-25(35)15-23)43-33(41)38(19)18-28-26(9-11-30(36-28)37-12-3-13-37)27-16-22(8-10-29(27)42-2)20-4-6-21(7-5-20)32(39)40/h8-11,14-17,19-21,31H,3-7,12-13,18H2,1-2H3,(H,39,40)/t19-,20?,21?,31-/m0/s1. The topological polar surface area (TPSA) is 92.2 Å². The molecule has 1 N–H and O–H groups in total. The summed E-state index contributed by atoms with van der Waals surface area (Å²) < 4.78 is 39.4. The minimum atomic E-state index is -0.835. The molecule has 8 nitrogen and oxygen atoms in total. The number of pyridine rings is 1. The van der Waals surface area contributed by atoms with E-state index in [4.69, 9.17) is 14.5 Å². The molecule has 3 aromatic rings. The van der Waals surface area contributed by atoms with Crippen LogP contribution in [0.15, 0.2) is 48.5 Å². The summed E-state index contributed by atoms with van der Waals surface area (Å²) in [6, 6.07) is 12.7. The molecule has 0 unspecified atom stereocenters. The van der Waals surface area contributed by atoms with Gasteiger partial charge in [-0.3, -0.25) is 9.69 Å². The number of carbonyl (C=O) groups is 2. The van der Waals surface area contributed by atoms with Crippen LogP contribution in [0.3, 0.4) is 0 Å². The number of halogens is 2. The third-order valence-corrected chi connectivity index (χ3v) is 9.13. The van der Waals surface area contributed by atoms with Crippen LogP contribution in [0.25, 0.3) is 11.1 Å². The van der Waals surface area contributed by atoms with Gasteiger partial charge in [0.15, 0.2) is 0 Å². The highest BCUT2D eigenvalue weighted by atomic mass is 19.1. The summed E-state index contributed by atoms with van der Waals surface area (Å²) in [7, 11) is 1.61. The van der Waals surface area contributed by atoms with Crippen LogP contribution in [0.4, 0.5) is 19.4 Å². The smallest absolute Gasteiger partial charge is 0.411 e. The van der Waals surface area contributed by atoms with Crippen molar-refractivity contribution in [3.05, 3.63) is 77.0 Å². The summed E-state index contributed by atoms with van der Waals surface area (Å²) in [4.78, 5) is 33.4. The Morgan fingerprint density at radius 3 is 2.35 bits per heavy atom. The molecule has 1 aromatic heterocycles. The second-order valence-corrected chi connectivity index (χ2v) is 11.7. The predicted molar refractivity (Wildman–Crippen MR) is 156 cm³/mol. The van der Waals surface area contributed by atoms with Gasteiger partial charge in [0.1, 0.15) is 29.3 Å². The van der Waals surface area contributed by atoms with E-state index in [9.17, 15) is 23.5 Å². The van der Waals surface area contributed by atoms with Crippen LogP contribution in [0.2, 0.25) is 0 Å². The zero-order valence-electron chi connectivity index (χ0n) is 24.3. The van der Waals surface area contributed by atoms with E-state index in [-0.39, 0.29) is 23.9 Å². The van der Waals surface area contributed by atoms with Crippen molar-refractivity contribution in [2.45, 2.75) is 63.6 Å². The number of carbonyl (C=O) groups excluding carboxylic acids is 1. The fourth-order valence-electron chi connectivity index (χ4n) is 6.50. The molecule has 0 bridgehead atoms. The first-order valence-corrected chi connectivity index (χ1v) is 14.8. The number of anilines is 1. The van der Waals surface area contributed by atoms with Crippen molar-refractivity contribution in [1.82, 2.24) is 9.88 Å². The van der Waals surface area contributed by atoms with Gasteiger partial charge in [-0.2, -0.15) is 0 Å². The summed E-state index contributed by atoms with van der Waals surface area (Å²) >= 11 is 0. The van der Waals surface area contributed by atoms with E-state index in [1.165, 1.54) is 12.1 Å². The van der Waals surface area contributed by atoms with Gasteiger partial charge in [-0.1, -0.05) is 6.07 Å². The Kier molecular flexibility index (Phi) is 7.94. The highest BCUT2D eigenvalue weighted by Crippen LogP contribution is 2.42. The summed E-state index contributed by atoms with van der Waals surface area (Å²) in [6.45, 7) is 3.73. The number of carboxylic acid groups (broad SMARTS) is 1. The molecule has 1 saturated carbocycles. The SMILES string of the molecule is COc1ccc(C2CCC(C(=O)O)CC2)cc1-c1ccc(N2CCC2)nc1CN1C(=O)O[C@H](c2cc(F)cc(F)c2)[C@@H]1C. The lowest BCUT2D eigenvalue weighted by atomic mass is 9.78. The third kappa shape index (κ3) is 5.75. The van der Waals surface area contributed by atoms with Crippen LogP contribution in [0.5, 0.6) is 5.75 Å². The van der Waals surface area contributed by atoms with Gasteiger partial charge < -0.3 is 19.5 Å². The molecular weight excluding hydrogens is 556 g/mol. The number of cyclic esters (lactones) is 1. The van der Waals surface area contributed by atoms with Crippen molar-refractivity contribution in [1.29, 1.82) is 0 Å². The van der Waals surface area contributed by atoms with Crippen molar-refractivity contribution in [3.63, 3.8) is 0 Å². The van der Waals surface area contributed by atoms with Gasteiger partial charge >= 0.3 is 12.1 Å². The number of ether oxygens (including phenoxy) is 2. The average Bonchev–Trinajstić information content (AvgIpc) is 3.24. The first-order valence-electron chi connectivity index (χ1n) is 14.8. The largest absolute Gasteiger partial charge is 0.496 e. The zero-order valence-corrected chi connectivity index (χ0v) is 24.3. The van der Waals surface area contributed by atoms with E-state index in [0.29, 0.717) is 24.3 Å². The number of aromatic nitrogens is 1. The van der Waals surface area contributed by atoms with Crippen LogP contribution in [-0.2, 0) is 16.1 Å².